The monoisotopic (exact) mass is 252 g/mol. The third kappa shape index (κ3) is 3.38. The van der Waals surface area contributed by atoms with Crippen molar-refractivity contribution in [2.45, 2.75) is 45.4 Å². The molecule has 0 aliphatic carbocycles. The van der Waals surface area contributed by atoms with E-state index in [0.29, 0.717) is 0 Å². The highest BCUT2D eigenvalue weighted by Crippen LogP contribution is 2.36. The van der Waals surface area contributed by atoms with Crippen molar-refractivity contribution in [1.29, 1.82) is 0 Å². The first kappa shape index (κ1) is 12.8. The van der Waals surface area contributed by atoms with Crippen molar-refractivity contribution in [3.8, 4) is 5.75 Å². The number of aryl methyl sites for hydroxylation is 1. The Morgan fingerprint density at radius 1 is 1.35 bits per heavy atom. The molecule has 0 fully saturated rings. The van der Waals surface area contributed by atoms with Crippen LogP contribution in [-0.2, 0) is 6.42 Å². The molecule has 1 nitrogen and oxygen atoms in total. The van der Waals surface area contributed by atoms with Gasteiger partial charge in [-0.1, -0.05) is 32.9 Å². The topological polar surface area (TPSA) is 9.23 Å². The van der Waals surface area contributed by atoms with Gasteiger partial charge in [-0.2, -0.15) is 0 Å². The molecule has 1 aromatic rings. The van der Waals surface area contributed by atoms with Crippen LogP contribution in [0.15, 0.2) is 18.2 Å². The number of halogens is 1. The van der Waals surface area contributed by atoms with E-state index >= 15 is 0 Å². The first-order valence-corrected chi connectivity index (χ1v) is 6.79. The largest absolute Gasteiger partial charge is 0.493 e. The molecular formula is C15H21ClO. The van der Waals surface area contributed by atoms with Crippen LogP contribution in [0.25, 0.3) is 0 Å². The van der Waals surface area contributed by atoms with Gasteiger partial charge in [-0.25, -0.2) is 0 Å². The van der Waals surface area contributed by atoms with E-state index in [9.17, 15) is 0 Å². The fourth-order valence-corrected chi connectivity index (χ4v) is 2.83. The van der Waals surface area contributed by atoms with Gasteiger partial charge in [0.05, 0.1) is 12.0 Å². The van der Waals surface area contributed by atoms with Crippen molar-refractivity contribution in [3.63, 3.8) is 0 Å². The van der Waals surface area contributed by atoms with Crippen molar-refractivity contribution in [1.82, 2.24) is 0 Å². The molecule has 1 aliphatic rings. The number of hydrogen-bond acceptors (Lipinski definition) is 1. The van der Waals surface area contributed by atoms with Crippen molar-refractivity contribution >= 4 is 11.6 Å². The SMILES string of the molecule is CC(C)(C)CC(Cl)c1ccc2c(c1)CCCO2. The molecule has 2 rings (SSSR count). The van der Waals surface area contributed by atoms with E-state index in [0.717, 1.165) is 31.6 Å². The van der Waals surface area contributed by atoms with E-state index in [1.54, 1.807) is 0 Å². The highest BCUT2D eigenvalue weighted by atomic mass is 35.5. The highest BCUT2D eigenvalue weighted by molar-refractivity contribution is 6.20. The number of fused-ring (bicyclic) bond motifs is 1. The average Bonchev–Trinajstić information content (AvgIpc) is 2.26. The lowest BCUT2D eigenvalue weighted by atomic mass is 9.87. The number of benzene rings is 1. The van der Waals surface area contributed by atoms with Crippen LogP contribution in [0.5, 0.6) is 5.75 Å². The Morgan fingerprint density at radius 2 is 2.12 bits per heavy atom. The molecule has 1 unspecified atom stereocenters. The predicted octanol–water partition coefficient (Wildman–Crippen LogP) is 4.73. The Balaban J connectivity index is 2.16. The summed E-state index contributed by atoms with van der Waals surface area (Å²) >= 11 is 6.49. The van der Waals surface area contributed by atoms with Crippen LogP contribution in [0.3, 0.4) is 0 Å². The summed E-state index contributed by atoms with van der Waals surface area (Å²) in [4.78, 5) is 0. The maximum absolute atomic E-state index is 6.49. The molecule has 0 saturated carbocycles. The Morgan fingerprint density at radius 3 is 2.82 bits per heavy atom. The van der Waals surface area contributed by atoms with E-state index in [1.165, 1.54) is 11.1 Å². The van der Waals surface area contributed by atoms with Gasteiger partial charge >= 0.3 is 0 Å². The second kappa shape index (κ2) is 4.89. The van der Waals surface area contributed by atoms with Crippen LogP contribution in [0.4, 0.5) is 0 Å². The fourth-order valence-electron chi connectivity index (χ4n) is 2.23. The van der Waals surface area contributed by atoms with Gasteiger partial charge in [-0.05, 0) is 41.9 Å². The Bertz CT molecular complexity index is 392. The Kier molecular flexibility index (Phi) is 3.67. The summed E-state index contributed by atoms with van der Waals surface area (Å²) in [5, 5.41) is 0.0993. The Labute approximate surface area is 109 Å². The quantitative estimate of drug-likeness (QED) is 0.692. The summed E-state index contributed by atoms with van der Waals surface area (Å²) in [5.41, 5.74) is 2.80. The lowest BCUT2D eigenvalue weighted by molar-refractivity contribution is 0.288. The van der Waals surface area contributed by atoms with Crippen LogP contribution in [0.1, 0.15) is 50.1 Å². The zero-order valence-corrected chi connectivity index (χ0v) is 11.7. The smallest absolute Gasteiger partial charge is 0.122 e. The summed E-state index contributed by atoms with van der Waals surface area (Å²) in [7, 11) is 0. The van der Waals surface area contributed by atoms with Crippen LogP contribution >= 0.6 is 11.6 Å². The van der Waals surface area contributed by atoms with Gasteiger partial charge in [-0.15, -0.1) is 11.6 Å². The number of hydrogen-bond donors (Lipinski definition) is 0. The lowest BCUT2D eigenvalue weighted by Crippen LogP contribution is -2.11. The number of ether oxygens (including phenoxy) is 1. The van der Waals surface area contributed by atoms with E-state index in [2.05, 4.69) is 39.0 Å². The van der Waals surface area contributed by atoms with Crippen molar-refractivity contribution in [2.75, 3.05) is 6.61 Å². The van der Waals surface area contributed by atoms with Gasteiger partial charge < -0.3 is 4.74 Å². The first-order valence-electron chi connectivity index (χ1n) is 6.35. The second-order valence-electron chi connectivity index (χ2n) is 6.05. The summed E-state index contributed by atoms with van der Waals surface area (Å²) in [5.74, 6) is 1.04. The lowest BCUT2D eigenvalue weighted by Gasteiger charge is -2.24. The van der Waals surface area contributed by atoms with Gasteiger partial charge in [0.1, 0.15) is 5.75 Å². The Hall–Kier alpha value is -0.690. The summed E-state index contributed by atoms with van der Waals surface area (Å²) < 4.78 is 5.62. The molecule has 94 valence electrons. The van der Waals surface area contributed by atoms with E-state index in [4.69, 9.17) is 16.3 Å². The molecule has 0 N–H and O–H groups in total. The summed E-state index contributed by atoms with van der Waals surface area (Å²) in [6.45, 7) is 7.52. The van der Waals surface area contributed by atoms with Crippen molar-refractivity contribution in [2.24, 2.45) is 5.41 Å². The molecule has 1 aromatic carbocycles. The molecule has 1 heterocycles. The van der Waals surface area contributed by atoms with E-state index < -0.39 is 0 Å². The maximum atomic E-state index is 6.49. The highest BCUT2D eigenvalue weighted by Gasteiger charge is 2.20. The molecule has 17 heavy (non-hydrogen) atoms. The molecule has 0 saturated heterocycles. The van der Waals surface area contributed by atoms with Crippen LogP contribution < -0.4 is 4.74 Å². The third-order valence-electron chi connectivity index (χ3n) is 3.09. The molecule has 0 amide bonds. The zero-order chi connectivity index (χ0) is 12.5. The number of rotatable bonds is 2. The average molecular weight is 253 g/mol. The molecule has 0 aromatic heterocycles. The minimum Gasteiger partial charge on any atom is -0.493 e. The maximum Gasteiger partial charge on any atom is 0.122 e. The van der Waals surface area contributed by atoms with Crippen molar-refractivity contribution in [3.05, 3.63) is 29.3 Å². The van der Waals surface area contributed by atoms with Gasteiger partial charge in [0.15, 0.2) is 0 Å². The third-order valence-corrected chi connectivity index (χ3v) is 3.49. The standard InChI is InChI=1S/C15H21ClO/c1-15(2,3)10-13(16)11-6-7-14-12(9-11)5-4-8-17-14/h6-7,9,13H,4-5,8,10H2,1-3H3. The van der Waals surface area contributed by atoms with Gasteiger partial charge in [0.25, 0.3) is 0 Å². The van der Waals surface area contributed by atoms with Gasteiger partial charge in [-0.3, -0.25) is 0 Å². The van der Waals surface area contributed by atoms with Gasteiger partial charge in [0, 0.05) is 0 Å². The van der Waals surface area contributed by atoms with Crippen LogP contribution in [-0.4, -0.2) is 6.61 Å². The molecule has 1 atom stereocenters. The van der Waals surface area contributed by atoms with E-state index in [-0.39, 0.29) is 10.8 Å². The van der Waals surface area contributed by atoms with E-state index in [1.807, 2.05) is 0 Å². The molecule has 1 aliphatic heterocycles. The first-order chi connectivity index (χ1) is 7.96. The van der Waals surface area contributed by atoms with Gasteiger partial charge in [0.2, 0.25) is 0 Å². The molecular weight excluding hydrogens is 232 g/mol. The zero-order valence-electron chi connectivity index (χ0n) is 10.9. The fraction of sp³-hybridized carbons (Fsp3) is 0.600. The number of alkyl halides is 1. The molecule has 0 bridgehead atoms. The second-order valence-corrected chi connectivity index (χ2v) is 6.58. The molecule has 2 heteroatoms. The van der Waals surface area contributed by atoms with Crippen LogP contribution in [0, 0.1) is 5.41 Å². The summed E-state index contributed by atoms with van der Waals surface area (Å²) in [6.07, 6.45) is 3.22. The summed E-state index contributed by atoms with van der Waals surface area (Å²) in [6, 6.07) is 6.40. The normalized spacial score (nSPS) is 17.2. The molecule has 0 radical (unpaired) electrons. The molecule has 0 spiro atoms. The predicted molar refractivity (Wildman–Crippen MR) is 72.9 cm³/mol. The van der Waals surface area contributed by atoms with Crippen molar-refractivity contribution < 1.29 is 4.74 Å². The minimum absolute atomic E-state index is 0.0993. The van der Waals surface area contributed by atoms with Crippen LogP contribution in [0.2, 0.25) is 0 Å². The minimum atomic E-state index is 0.0993.